The molecule has 0 spiro atoms. The van der Waals surface area contributed by atoms with Crippen molar-refractivity contribution in [2.24, 2.45) is 5.10 Å². The standard InChI is InChI=1S/C23H27Cl2N3O4/c1-3-5-12-32-20-9-6-16(13-21(20)31-4-2)15-27-28-22(29)10-11-26-23(30)17-7-8-18(24)19(25)14-17/h6-9,13-15H,3-5,10-12H2,1-2H3,(H,26,30)(H,28,29). The second-order valence-electron chi connectivity index (χ2n) is 6.77. The van der Waals surface area contributed by atoms with Gasteiger partial charge < -0.3 is 14.8 Å². The Morgan fingerprint density at radius 2 is 1.84 bits per heavy atom. The van der Waals surface area contributed by atoms with Crippen LogP contribution in [-0.4, -0.2) is 37.8 Å². The van der Waals surface area contributed by atoms with E-state index in [-0.39, 0.29) is 24.8 Å². The number of amides is 2. The average Bonchev–Trinajstić information content (AvgIpc) is 2.77. The summed E-state index contributed by atoms with van der Waals surface area (Å²) >= 11 is 11.7. The lowest BCUT2D eigenvalue weighted by Gasteiger charge is -2.12. The van der Waals surface area contributed by atoms with E-state index in [1.54, 1.807) is 18.2 Å². The van der Waals surface area contributed by atoms with Gasteiger partial charge in [0.25, 0.3) is 5.91 Å². The summed E-state index contributed by atoms with van der Waals surface area (Å²) in [6.45, 7) is 5.29. The molecule has 0 saturated carbocycles. The van der Waals surface area contributed by atoms with Gasteiger partial charge in [-0.2, -0.15) is 5.10 Å². The highest BCUT2D eigenvalue weighted by Gasteiger charge is 2.09. The Bertz CT molecular complexity index is 951. The van der Waals surface area contributed by atoms with Crippen molar-refractivity contribution < 1.29 is 19.1 Å². The van der Waals surface area contributed by atoms with Crippen molar-refractivity contribution in [2.75, 3.05) is 19.8 Å². The summed E-state index contributed by atoms with van der Waals surface area (Å²) in [5.41, 5.74) is 3.56. The highest BCUT2D eigenvalue weighted by atomic mass is 35.5. The van der Waals surface area contributed by atoms with Crippen molar-refractivity contribution in [2.45, 2.75) is 33.1 Å². The summed E-state index contributed by atoms with van der Waals surface area (Å²) < 4.78 is 11.4. The van der Waals surface area contributed by atoms with Crippen molar-refractivity contribution in [1.29, 1.82) is 0 Å². The first-order valence-electron chi connectivity index (χ1n) is 10.4. The molecule has 172 valence electrons. The molecule has 0 atom stereocenters. The summed E-state index contributed by atoms with van der Waals surface area (Å²) in [6.07, 6.45) is 3.60. The molecule has 0 saturated heterocycles. The van der Waals surface area contributed by atoms with Crippen LogP contribution in [0.2, 0.25) is 10.0 Å². The average molecular weight is 480 g/mol. The molecule has 0 unspecified atom stereocenters. The minimum atomic E-state index is -0.343. The van der Waals surface area contributed by atoms with Gasteiger partial charge in [-0.3, -0.25) is 9.59 Å². The third-order valence-electron chi connectivity index (χ3n) is 4.25. The molecule has 7 nitrogen and oxygen atoms in total. The maximum absolute atomic E-state index is 12.1. The first kappa shape index (κ1) is 25.5. The van der Waals surface area contributed by atoms with Gasteiger partial charge in [0.05, 0.1) is 29.5 Å². The van der Waals surface area contributed by atoms with Crippen molar-refractivity contribution >= 4 is 41.2 Å². The number of benzene rings is 2. The van der Waals surface area contributed by atoms with Gasteiger partial charge in [-0.25, -0.2) is 5.43 Å². The van der Waals surface area contributed by atoms with Crippen LogP contribution in [0.15, 0.2) is 41.5 Å². The molecule has 9 heteroatoms. The van der Waals surface area contributed by atoms with Gasteiger partial charge in [-0.05, 0) is 55.3 Å². The van der Waals surface area contributed by atoms with Crippen molar-refractivity contribution in [3.63, 3.8) is 0 Å². The maximum Gasteiger partial charge on any atom is 0.251 e. The number of hydrogen-bond acceptors (Lipinski definition) is 5. The largest absolute Gasteiger partial charge is 0.490 e. The lowest BCUT2D eigenvalue weighted by molar-refractivity contribution is -0.120. The first-order chi connectivity index (χ1) is 15.4. The van der Waals surface area contributed by atoms with Gasteiger partial charge in [0.2, 0.25) is 5.91 Å². The zero-order valence-electron chi connectivity index (χ0n) is 18.1. The Hall–Kier alpha value is -2.77. The number of rotatable bonds is 12. The fourth-order valence-corrected chi connectivity index (χ4v) is 2.88. The quantitative estimate of drug-likeness (QED) is 0.259. The first-order valence-corrected chi connectivity index (χ1v) is 11.1. The van der Waals surface area contributed by atoms with Crippen LogP contribution >= 0.6 is 23.2 Å². The predicted octanol–water partition coefficient (Wildman–Crippen LogP) is 4.84. The molecule has 2 amide bonds. The SMILES string of the molecule is CCCCOc1ccc(C=NNC(=O)CCNC(=O)c2ccc(Cl)c(Cl)c2)cc1OCC. The van der Waals surface area contributed by atoms with E-state index < -0.39 is 0 Å². The van der Waals surface area contributed by atoms with Crippen LogP contribution in [0.4, 0.5) is 0 Å². The molecular weight excluding hydrogens is 453 g/mol. The zero-order valence-corrected chi connectivity index (χ0v) is 19.6. The lowest BCUT2D eigenvalue weighted by Crippen LogP contribution is -2.29. The Kier molecular flexibility index (Phi) is 10.8. The minimum absolute atomic E-state index is 0.0683. The molecule has 2 aromatic carbocycles. The Labute approximate surface area is 198 Å². The van der Waals surface area contributed by atoms with E-state index in [1.807, 2.05) is 19.1 Å². The van der Waals surface area contributed by atoms with Gasteiger partial charge in [-0.15, -0.1) is 0 Å². The fourth-order valence-electron chi connectivity index (χ4n) is 2.58. The third-order valence-corrected chi connectivity index (χ3v) is 4.98. The molecule has 2 N–H and O–H groups in total. The maximum atomic E-state index is 12.1. The van der Waals surface area contributed by atoms with Gasteiger partial charge in [-0.1, -0.05) is 36.5 Å². The van der Waals surface area contributed by atoms with Crippen LogP contribution in [-0.2, 0) is 4.79 Å². The van der Waals surface area contributed by atoms with Crippen molar-refractivity contribution in [1.82, 2.24) is 10.7 Å². The molecule has 0 fully saturated rings. The predicted molar refractivity (Wildman–Crippen MR) is 127 cm³/mol. The highest BCUT2D eigenvalue weighted by Crippen LogP contribution is 2.28. The summed E-state index contributed by atoms with van der Waals surface area (Å²) in [7, 11) is 0. The third kappa shape index (κ3) is 8.40. The van der Waals surface area contributed by atoms with Crippen LogP contribution in [0.25, 0.3) is 0 Å². The molecule has 32 heavy (non-hydrogen) atoms. The molecule has 0 aliphatic rings. The van der Waals surface area contributed by atoms with Gasteiger partial charge in [0.15, 0.2) is 11.5 Å². The van der Waals surface area contributed by atoms with Crippen LogP contribution < -0.4 is 20.2 Å². The summed E-state index contributed by atoms with van der Waals surface area (Å²) in [4.78, 5) is 24.0. The van der Waals surface area contributed by atoms with E-state index in [0.29, 0.717) is 40.3 Å². The lowest BCUT2D eigenvalue weighted by atomic mass is 10.2. The van der Waals surface area contributed by atoms with E-state index in [9.17, 15) is 9.59 Å². The number of hydrazone groups is 1. The zero-order chi connectivity index (χ0) is 23.3. The summed E-state index contributed by atoms with van der Waals surface area (Å²) in [6, 6.07) is 10.0. The number of hydrogen-bond donors (Lipinski definition) is 2. The smallest absolute Gasteiger partial charge is 0.251 e. The Balaban J connectivity index is 1.81. The summed E-state index contributed by atoms with van der Waals surface area (Å²) in [5, 5.41) is 7.27. The number of carbonyl (C=O) groups excluding carboxylic acids is 2. The number of nitrogens with zero attached hydrogens (tertiary/aromatic N) is 1. The molecular formula is C23H27Cl2N3O4. The van der Waals surface area contributed by atoms with Crippen LogP contribution in [0, 0.1) is 0 Å². The minimum Gasteiger partial charge on any atom is -0.490 e. The molecule has 0 aliphatic carbocycles. The Morgan fingerprint density at radius 1 is 1.03 bits per heavy atom. The topological polar surface area (TPSA) is 89.0 Å². The van der Waals surface area contributed by atoms with Gasteiger partial charge in [0, 0.05) is 18.5 Å². The second-order valence-corrected chi connectivity index (χ2v) is 7.58. The number of ether oxygens (including phenoxy) is 2. The number of unbranched alkanes of at least 4 members (excludes halogenated alkanes) is 1. The molecule has 0 aromatic heterocycles. The monoisotopic (exact) mass is 479 g/mol. The number of nitrogens with one attached hydrogen (secondary N) is 2. The molecule has 0 aliphatic heterocycles. The van der Waals surface area contributed by atoms with Crippen molar-refractivity contribution in [3.05, 3.63) is 57.6 Å². The number of halogens is 2. The second kappa shape index (κ2) is 13.6. The van der Waals surface area contributed by atoms with E-state index in [4.69, 9.17) is 32.7 Å². The van der Waals surface area contributed by atoms with Gasteiger partial charge in [0.1, 0.15) is 0 Å². The van der Waals surface area contributed by atoms with Crippen LogP contribution in [0.5, 0.6) is 11.5 Å². The van der Waals surface area contributed by atoms with Crippen molar-refractivity contribution in [3.8, 4) is 11.5 Å². The highest BCUT2D eigenvalue weighted by molar-refractivity contribution is 6.42. The number of carbonyl (C=O) groups is 2. The molecule has 0 radical (unpaired) electrons. The molecule has 2 aromatic rings. The fraction of sp³-hybridized carbons (Fsp3) is 0.348. The molecule has 0 heterocycles. The van der Waals surface area contributed by atoms with Gasteiger partial charge >= 0.3 is 0 Å². The summed E-state index contributed by atoms with van der Waals surface area (Å²) in [5.74, 6) is 0.632. The molecule has 0 bridgehead atoms. The Morgan fingerprint density at radius 3 is 2.56 bits per heavy atom. The normalized spacial score (nSPS) is 10.8. The van der Waals surface area contributed by atoms with E-state index in [2.05, 4.69) is 22.8 Å². The van der Waals surface area contributed by atoms with Crippen LogP contribution in [0.1, 0.15) is 49.0 Å². The van der Waals surface area contributed by atoms with E-state index in [1.165, 1.54) is 12.3 Å². The van der Waals surface area contributed by atoms with Crippen LogP contribution in [0.3, 0.4) is 0 Å². The van der Waals surface area contributed by atoms with E-state index >= 15 is 0 Å². The van der Waals surface area contributed by atoms with E-state index in [0.717, 1.165) is 18.4 Å². The molecule has 2 rings (SSSR count).